The smallest absolute Gasteiger partial charge is 0.191 e. The van der Waals surface area contributed by atoms with Crippen molar-refractivity contribution < 1.29 is 9.90 Å². The number of alkyl halides is 1. The maximum absolute atomic E-state index is 12.0. The van der Waals surface area contributed by atoms with E-state index >= 15 is 0 Å². The maximum Gasteiger partial charge on any atom is 0.191 e. The van der Waals surface area contributed by atoms with Crippen LogP contribution in [0.5, 0.6) is 0 Å². The van der Waals surface area contributed by atoms with Crippen molar-refractivity contribution in [2.45, 2.75) is 69.8 Å². The quantitative estimate of drug-likeness (QED) is 0.355. The van der Waals surface area contributed by atoms with Gasteiger partial charge in [-0.05, 0) is 19.3 Å². The van der Waals surface area contributed by atoms with Gasteiger partial charge in [-0.2, -0.15) is 0 Å². The number of aliphatic hydroxyl groups excluding tert-OH is 1. The lowest BCUT2D eigenvalue weighted by Gasteiger charge is -2.13. The molecule has 0 aromatic heterocycles. The van der Waals surface area contributed by atoms with E-state index in [1.165, 1.54) is 25.7 Å². The first kappa shape index (κ1) is 18.2. The van der Waals surface area contributed by atoms with Crippen molar-refractivity contribution in [3.8, 4) is 0 Å². The number of halogens is 1. The molecule has 0 aliphatic rings. The third kappa shape index (κ3) is 7.63. The predicted molar refractivity (Wildman–Crippen MR) is 89.0 cm³/mol. The first-order chi connectivity index (χ1) is 10.1. The van der Waals surface area contributed by atoms with E-state index in [-0.39, 0.29) is 11.2 Å². The van der Waals surface area contributed by atoms with Crippen LogP contribution in [0.4, 0.5) is 0 Å². The fraction of sp³-hybridized carbons (Fsp3) is 0.611. The lowest BCUT2D eigenvalue weighted by molar-refractivity contribution is 0.0726. The number of benzene rings is 1. The van der Waals surface area contributed by atoms with E-state index in [1.54, 1.807) is 24.3 Å². The number of hydrogen-bond donors (Lipinski definition) is 1. The fourth-order valence-corrected chi connectivity index (χ4v) is 2.66. The summed E-state index contributed by atoms with van der Waals surface area (Å²) in [4.78, 5) is 12.0. The molecule has 21 heavy (non-hydrogen) atoms. The second-order valence-corrected chi connectivity index (χ2v) is 6.24. The average Bonchev–Trinajstić information content (AvgIpc) is 2.52. The molecule has 0 heterocycles. The monoisotopic (exact) mass is 310 g/mol. The van der Waals surface area contributed by atoms with Crippen LogP contribution in [-0.2, 0) is 0 Å². The van der Waals surface area contributed by atoms with E-state index in [1.807, 2.05) is 6.07 Å². The Morgan fingerprint density at radius 2 is 1.71 bits per heavy atom. The number of carbonyl (C=O) groups is 1. The normalized spacial score (nSPS) is 13.9. The third-order valence-electron chi connectivity index (χ3n) is 3.74. The minimum absolute atomic E-state index is 0.0600. The highest BCUT2D eigenvalue weighted by Gasteiger charge is 2.18. The van der Waals surface area contributed by atoms with Crippen molar-refractivity contribution in [3.63, 3.8) is 0 Å². The van der Waals surface area contributed by atoms with Gasteiger partial charge in [0.25, 0.3) is 0 Å². The highest BCUT2D eigenvalue weighted by Crippen LogP contribution is 2.17. The SMILES string of the molecule is CCCCCCCC(Cl)CCC(O)C(=O)c1ccccc1. The predicted octanol–water partition coefficient (Wildman–Crippen LogP) is 4.98. The number of carbonyl (C=O) groups excluding carboxylic acids is 1. The van der Waals surface area contributed by atoms with Crippen molar-refractivity contribution in [2.75, 3.05) is 0 Å². The number of ketones is 1. The first-order valence-corrected chi connectivity index (χ1v) is 8.50. The topological polar surface area (TPSA) is 37.3 Å². The van der Waals surface area contributed by atoms with Gasteiger partial charge in [0.1, 0.15) is 6.10 Å². The molecule has 0 saturated heterocycles. The van der Waals surface area contributed by atoms with Gasteiger partial charge in [-0.25, -0.2) is 0 Å². The van der Waals surface area contributed by atoms with E-state index in [9.17, 15) is 9.90 Å². The molecule has 0 aliphatic heterocycles. The van der Waals surface area contributed by atoms with Crippen molar-refractivity contribution in [3.05, 3.63) is 35.9 Å². The Bertz CT molecular complexity index is 391. The van der Waals surface area contributed by atoms with Crippen LogP contribution in [0.15, 0.2) is 30.3 Å². The van der Waals surface area contributed by atoms with E-state index < -0.39 is 6.10 Å². The Balaban J connectivity index is 2.20. The number of Topliss-reactive ketones (excluding diaryl/α,β-unsaturated/α-hetero) is 1. The zero-order chi connectivity index (χ0) is 15.5. The van der Waals surface area contributed by atoms with Crippen LogP contribution in [0.2, 0.25) is 0 Å². The zero-order valence-corrected chi connectivity index (χ0v) is 13.7. The molecular weight excluding hydrogens is 284 g/mol. The summed E-state index contributed by atoms with van der Waals surface area (Å²) in [6.45, 7) is 2.20. The average molecular weight is 311 g/mol. The summed E-state index contributed by atoms with van der Waals surface area (Å²) in [6.07, 6.45) is 7.33. The van der Waals surface area contributed by atoms with Gasteiger partial charge in [-0.15, -0.1) is 11.6 Å². The number of aliphatic hydroxyl groups is 1. The summed E-state index contributed by atoms with van der Waals surface area (Å²) in [5.74, 6) is -0.206. The largest absolute Gasteiger partial charge is 0.385 e. The van der Waals surface area contributed by atoms with E-state index in [2.05, 4.69) is 6.92 Å². The highest BCUT2D eigenvalue weighted by molar-refractivity contribution is 6.20. The standard InChI is InChI=1S/C18H27ClO2/c1-2-3-4-5-9-12-16(19)13-14-17(20)18(21)15-10-7-6-8-11-15/h6-8,10-11,16-17,20H,2-5,9,12-14H2,1H3. The number of unbranched alkanes of at least 4 members (excludes halogenated alkanes) is 4. The van der Waals surface area contributed by atoms with Gasteiger partial charge in [0, 0.05) is 10.9 Å². The molecule has 0 saturated carbocycles. The molecule has 2 nitrogen and oxygen atoms in total. The van der Waals surface area contributed by atoms with Crippen LogP contribution >= 0.6 is 11.6 Å². The van der Waals surface area contributed by atoms with Crippen LogP contribution in [0.1, 0.15) is 68.6 Å². The molecule has 2 atom stereocenters. The molecule has 0 bridgehead atoms. The zero-order valence-electron chi connectivity index (χ0n) is 12.9. The Labute approximate surface area is 133 Å². The summed E-state index contributed by atoms with van der Waals surface area (Å²) >= 11 is 6.27. The highest BCUT2D eigenvalue weighted by atomic mass is 35.5. The molecule has 0 radical (unpaired) electrons. The molecule has 1 N–H and O–H groups in total. The number of hydrogen-bond acceptors (Lipinski definition) is 2. The van der Waals surface area contributed by atoms with E-state index in [0.29, 0.717) is 18.4 Å². The summed E-state index contributed by atoms with van der Waals surface area (Å²) in [5, 5.41) is 10.0. The van der Waals surface area contributed by atoms with Crippen molar-refractivity contribution in [2.24, 2.45) is 0 Å². The molecule has 118 valence electrons. The van der Waals surface area contributed by atoms with E-state index in [0.717, 1.165) is 12.8 Å². The number of rotatable bonds is 11. The molecule has 0 aliphatic carbocycles. The van der Waals surface area contributed by atoms with Crippen molar-refractivity contribution >= 4 is 17.4 Å². The maximum atomic E-state index is 12.0. The van der Waals surface area contributed by atoms with Gasteiger partial charge in [-0.1, -0.05) is 69.4 Å². The lowest BCUT2D eigenvalue weighted by atomic mass is 10.00. The van der Waals surface area contributed by atoms with Gasteiger partial charge in [-0.3, -0.25) is 4.79 Å². The van der Waals surface area contributed by atoms with Gasteiger partial charge in [0.05, 0.1) is 0 Å². The molecule has 0 fully saturated rings. The summed E-state index contributed by atoms with van der Waals surface area (Å²) in [5.41, 5.74) is 0.565. The second-order valence-electron chi connectivity index (χ2n) is 5.62. The van der Waals surface area contributed by atoms with Crippen LogP contribution < -0.4 is 0 Å². The minimum Gasteiger partial charge on any atom is -0.385 e. The Morgan fingerprint density at radius 3 is 2.38 bits per heavy atom. The second kappa shape index (κ2) is 10.8. The first-order valence-electron chi connectivity index (χ1n) is 8.06. The molecule has 2 unspecified atom stereocenters. The molecular formula is C18H27ClO2. The summed E-state index contributed by atoms with van der Waals surface area (Å²) in [6, 6.07) is 8.94. The Hall–Kier alpha value is -0.860. The van der Waals surface area contributed by atoms with E-state index in [4.69, 9.17) is 11.6 Å². The van der Waals surface area contributed by atoms with Gasteiger partial charge >= 0.3 is 0 Å². The Morgan fingerprint density at radius 1 is 1.05 bits per heavy atom. The minimum atomic E-state index is -0.936. The van der Waals surface area contributed by atoms with Crippen LogP contribution in [0, 0.1) is 0 Å². The molecule has 1 rings (SSSR count). The van der Waals surface area contributed by atoms with Crippen molar-refractivity contribution in [1.29, 1.82) is 0 Å². The summed E-state index contributed by atoms with van der Waals surface area (Å²) in [7, 11) is 0. The van der Waals surface area contributed by atoms with Gasteiger partial charge in [0.15, 0.2) is 5.78 Å². The molecule has 0 amide bonds. The van der Waals surface area contributed by atoms with Gasteiger partial charge < -0.3 is 5.11 Å². The van der Waals surface area contributed by atoms with Gasteiger partial charge in [0.2, 0.25) is 0 Å². The van der Waals surface area contributed by atoms with Crippen LogP contribution in [-0.4, -0.2) is 22.4 Å². The third-order valence-corrected chi connectivity index (χ3v) is 4.17. The van der Waals surface area contributed by atoms with Crippen molar-refractivity contribution in [1.82, 2.24) is 0 Å². The molecule has 1 aromatic carbocycles. The van der Waals surface area contributed by atoms with Crippen LogP contribution in [0.25, 0.3) is 0 Å². The van der Waals surface area contributed by atoms with Crippen LogP contribution in [0.3, 0.4) is 0 Å². The molecule has 0 spiro atoms. The molecule has 3 heteroatoms. The lowest BCUT2D eigenvalue weighted by Crippen LogP contribution is -2.21. The molecule has 1 aromatic rings. The fourth-order valence-electron chi connectivity index (χ4n) is 2.38. The Kier molecular flexibility index (Phi) is 9.36. The summed E-state index contributed by atoms with van der Waals surface area (Å²) < 4.78 is 0.